The number of carbonyl (C=O) groups is 2. The molecule has 0 fully saturated rings. The van der Waals surface area contributed by atoms with Crippen LogP contribution in [-0.2, 0) is 17.6 Å². The smallest absolute Gasteiger partial charge is 0.307 e. The number of nitrogens with zero attached hydrogens (tertiary/aromatic N) is 2. The molecule has 1 heterocycles. The van der Waals surface area contributed by atoms with Crippen molar-refractivity contribution in [2.75, 3.05) is 5.32 Å². The summed E-state index contributed by atoms with van der Waals surface area (Å²) in [4.78, 5) is 28.2. The lowest BCUT2D eigenvalue weighted by Crippen LogP contribution is -2.14. The number of carbonyl (C=O) groups excluding carboxylic acids is 1. The predicted molar refractivity (Wildman–Crippen MR) is 109 cm³/mol. The van der Waals surface area contributed by atoms with Crippen LogP contribution in [-0.4, -0.2) is 27.1 Å². The fourth-order valence-corrected chi connectivity index (χ4v) is 2.85. The second-order valence-corrected chi connectivity index (χ2v) is 8.01. The molecule has 7 nitrogen and oxygen atoms in total. The Balaban J connectivity index is 1.80. The Kier molecular flexibility index (Phi) is 5.77. The molecule has 1 aromatic heterocycles. The largest absolute Gasteiger partial charge is 0.481 e. The number of carboxylic acid groups (broad SMARTS) is 1. The first-order valence-electron chi connectivity index (χ1n) is 9.25. The molecule has 1 amide bonds. The number of carboxylic acids is 1. The highest BCUT2D eigenvalue weighted by molar-refractivity contribution is 6.05. The van der Waals surface area contributed by atoms with Gasteiger partial charge < -0.3 is 14.9 Å². The Morgan fingerprint density at radius 1 is 1.10 bits per heavy atom. The average molecular weight is 393 g/mol. The number of hydrogen-bond donors (Lipinski definition) is 2. The number of rotatable bonds is 6. The lowest BCUT2D eigenvalue weighted by molar-refractivity contribution is -0.136. The predicted octanol–water partition coefficient (Wildman–Crippen LogP) is 4.20. The highest BCUT2D eigenvalue weighted by Crippen LogP contribution is 2.23. The van der Waals surface area contributed by atoms with E-state index in [0.29, 0.717) is 40.5 Å². The van der Waals surface area contributed by atoms with Gasteiger partial charge in [-0.25, -0.2) is 0 Å². The van der Waals surface area contributed by atoms with Gasteiger partial charge in [0.25, 0.3) is 5.91 Å². The molecule has 2 aromatic carbocycles. The van der Waals surface area contributed by atoms with Gasteiger partial charge in [-0.1, -0.05) is 56.3 Å². The molecule has 2 N–H and O–H groups in total. The van der Waals surface area contributed by atoms with Crippen LogP contribution in [0.4, 0.5) is 5.69 Å². The number of nitrogens with one attached hydrogen (secondary N) is 1. The highest BCUT2D eigenvalue weighted by atomic mass is 16.5. The van der Waals surface area contributed by atoms with Gasteiger partial charge in [-0.05, 0) is 29.2 Å². The molecule has 0 bridgehead atoms. The van der Waals surface area contributed by atoms with Gasteiger partial charge in [0, 0.05) is 23.2 Å². The molecule has 0 unspecified atom stereocenters. The first-order chi connectivity index (χ1) is 13.7. The maximum Gasteiger partial charge on any atom is 0.307 e. The van der Waals surface area contributed by atoms with E-state index in [9.17, 15) is 9.59 Å². The van der Waals surface area contributed by atoms with E-state index in [1.807, 2.05) is 0 Å². The van der Waals surface area contributed by atoms with Gasteiger partial charge >= 0.3 is 5.97 Å². The second-order valence-electron chi connectivity index (χ2n) is 8.01. The second kappa shape index (κ2) is 8.26. The summed E-state index contributed by atoms with van der Waals surface area (Å²) in [5, 5.41) is 15.8. The quantitative estimate of drug-likeness (QED) is 0.650. The summed E-state index contributed by atoms with van der Waals surface area (Å²) in [5.74, 6) is -0.338. The molecule has 0 aliphatic heterocycles. The summed E-state index contributed by atoms with van der Waals surface area (Å²) < 4.78 is 5.33. The molecule has 29 heavy (non-hydrogen) atoms. The van der Waals surface area contributed by atoms with Crippen molar-refractivity contribution in [1.29, 1.82) is 0 Å². The van der Waals surface area contributed by atoms with Gasteiger partial charge in [-0.15, -0.1) is 0 Å². The minimum Gasteiger partial charge on any atom is -0.481 e. The summed E-state index contributed by atoms with van der Waals surface area (Å²) in [6.45, 7) is 6.26. The van der Waals surface area contributed by atoms with Crippen molar-refractivity contribution in [3.8, 4) is 11.4 Å². The third kappa shape index (κ3) is 5.51. The zero-order valence-corrected chi connectivity index (χ0v) is 16.6. The average Bonchev–Trinajstić information content (AvgIpc) is 3.09. The number of hydrogen-bond acceptors (Lipinski definition) is 5. The lowest BCUT2D eigenvalue weighted by Gasteiger charge is -2.13. The molecule has 150 valence electrons. The summed E-state index contributed by atoms with van der Waals surface area (Å²) in [6, 6.07) is 13.7. The van der Waals surface area contributed by atoms with Crippen LogP contribution in [0.25, 0.3) is 11.4 Å². The van der Waals surface area contributed by atoms with Crippen molar-refractivity contribution in [3.05, 3.63) is 65.5 Å². The van der Waals surface area contributed by atoms with Crippen LogP contribution in [0, 0.1) is 5.41 Å². The van der Waals surface area contributed by atoms with Crippen LogP contribution in [0.1, 0.15) is 42.6 Å². The molecule has 0 saturated heterocycles. The van der Waals surface area contributed by atoms with E-state index in [4.69, 9.17) is 9.63 Å². The third-order valence-corrected chi connectivity index (χ3v) is 4.14. The number of para-hydroxylation sites is 1. The maximum absolute atomic E-state index is 12.7. The van der Waals surface area contributed by atoms with Gasteiger partial charge in [0.15, 0.2) is 0 Å². The molecule has 7 heteroatoms. The topological polar surface area (TPSA) is 105 Å². The molecule has 0 spiro atoms. The van der Waals surface area contributed by atoms with Gasteiger partial charge in [0.2, 0.25) is 11.7 Å². The van der Waals surface area contributed by atoms with Gasteiger partial charge in [0.1, 0.15) is 0 Å². The van der Waals surface area contributed by atoms with Crippen LogP contribution >= 0.6 is 0 Å². The first kappa shape index (κ1) is 20.3. The monoisotopic (exact) mass is 393 g/mol. The van der Waals surface area contributed by atoms with E-state index < -0.39 is 5.97 Å². The molecular formula is C22H23N3O4. The van der Waals surface area contributed by atoms with E-state index in [1.165, 1.54) is 0 Å². The number of aliphatic carboxylic acids is 1. The van der Waals surface area contributed by atoms with E-state index in [-0.39, 0.29) is 17.7 Å². The van der Waals surface area contributed by atoms with Gasteiger partial charge in [-0.3, -0.25) is 9.59 Å². The van der Waals surface area contributed by atoms with Crippen LogP contribution in [0.3, 0.4) is 0 Å². The number of aromatic nitrogens is 2. The van der Waals surface area contributed by atoms with E-state index in [1.54, 1.807) is 48.5 Å². The Morgan fingerprint density at radius 3 is 2.59 bits per heavy atom. The molecule has 0 radical (unpaired) electrons. The minimum atomic E-state index is -0.961. The number of amides is 1. The van der Waals surface area contributed by atoms with E-state index in [0.717, 1.165) is 0 Å². The van der Waals surface area contributed by atoms with Crippen LogP contribution in [0.5, 0.6) is 0 Å². The van der Waals surface area contributed by atoms with Crippen molar-refractivity contribution in [2.45, 2.75) is 33.6 Å². The Morgan fingerprint density at radius 2 is 1.86 bits per heavy atom. The standard InChI is InChI=1S/C22H23N3O4/c1-22(2,3)13-18-24-20(25-29-18)15-8-6-9-16(11-15)21(28)23-17-10-5-4-7-14(17)12-19(26)27/h4-11H,12-13H2,1-3H3,(H,23,28)(H,26,27). The zero-order chi connectivity index (χ0) is 21.0. The van der Waals surface area contributed by atoms with E-state index in [2.05, 4.69) is 36.2 Å². The van der Waals surface area contributed by atoms with Crippen LogP contribution < -0.4 is 5.32 Å². The van der Waals surface area contributed by atoms with Crippen LogP contribution in [0.2, 0.25) is 0 Å². The minimum absolute atomic E-state index is 0.0227. The summed E-state index contributed by atoms with van der Waals surface area (Å²) >= 11 is 0. The van der Waals surface area contributed by atoms with Crippen molar-refractivity contribution in [2.24, 2.45) is 5.41 Å². The number of anilines is 1. The molecule has 3 aromatic rings. The Bertz CT molecular complexity index is 1030. The van der Waals surface area contributed by atoms with Gasteiger partial charge in [-0.2, -0.15) is 4.98 Å². The Hall–Kier alpha value is -3.48. The molecule has 3 rings (SSSR count). The summed E-state index contributed by atoms with van der Waals surface area (Å²) in [6.07, 6.45) is 0.483. The molecular weight excluding hydrogens is 370 g/mol. The van der Waals surface area contributed by atoms with E-state index >= 15 is 0 Å². The molecule has 0 aliphatic rings. The number of benzene rings is 2. The third-order valence-electron chi connectivity index (χ3n) is 4.14. The first-order valence-corrected chi connectivity index (χ1v) is 9.25. The summed E-state index contributed by atoms with van der Waals surface area (Å²) in [7, 11) is 0. The molecule has 0 saturated carbocycles. The van der Waals surface area contributed by atoms with Crippen molar-refractivity contribution in [1.82, 2.24) is 10.1 Å². The normalized spacial score (nSPS) is 11.3. The molecule has 0 aliphatic carbocycles. The van der Waals surface area contributed by atoms with Crippen LogP contribution in [0.15, 0.2) is 53.1 Å². The van der Waals surface area contributed by atoms with Crippen molar-refractivity contribution in [3.63, 3.8) is 0 Å². The lowest BCUT2D eigenvalue weighted by atomic mass is 9.92. The highest BCUT2D eigenvalue weighted by Gasteiger charge is 2.18. The summed E-state index contributed by atoms with van der Waals surface area (Å²) in [5.41, 5.74) is 2.11. The Labute approximate surface area is 168 Å². The molecule has 0 atom stereocenters. The maximum atomic E-state index is 12.7. The van der Waals surface area contributed by atoms with Crippen molar-refractivity contribution >= 4 is 17.6 Å². The fourth-order valence-electron chi connectivity index (χ4n) is 2.85. The zero-order valence-electron chi connectivity index (χ0n) is 16.6. The van der Waals surface area contributed by atoms with Gasteiger partial charge in [0.05, 0.1) is 6.42 Å². The SMILES string of the molecule is CC(C)(C)Cc1nc(-c2cccc(C(=O)Nc3ccccc3CC(=O)O)c2)no1. The fraction of sp³-hybridized carbons (Fsp3) is 0.273. The van der Waals surface area contributed by atoms with Crippen molar-refractivity contribution < 1.29 is 19.2 Å².